The van der Waals surface area contributed by atoms with Crippen molar-refractivity contribution in [2.24, 2.45) is 17.3 Å². The van der Waals surface area contributed by atoms with E-state index in [0.29, 0.717) is 42.6 Å². The van der Waals surface area contributed by atoms with Crippen molar-refractivity contribution >= 4 is 23.2 Å². The highest BCUT2D eigenvalue weighted by molar-refractivity contribution is 5.99. The second-order valence-electron chi connectivity index (χ2n) is 12.5. The zero-order chi connectivity index (χ0) is 30.8. The summed E-state index contributed by atoms with van der Waals surface area (Å²) in [4.78, 5) is 24.7. The normalized spacial score (nSPS) is 30.6. The quantitative estimate of drug-likeness (QED) is 0.310. The molecule has 0 saturated heterocycles. The van der Waals surface area contributed by atoms with Gasteiger partial charge in [-0.3, -0.25) is 4.79 Å². The number of carbonyl (C=O) groups excluding carboxylic acids is 2. The van der Waals surface area contributed by atoms with Crippen molar-refractivity contribution in [2.75, 3.05) is 10.6 Å². The monoisotopic (exact) mass is 600 g/mol. The Labute approximate surface area is 246 Å². The first-order valence-electron chi connectivity index (χ1n) is 14.6. The number of benzene rings is 2. The SMILES string of the molecule is C[C@]12C[C@H](c3ccc(NC(=O)Nc4ccccc4)cc3)C3=C4CCC(=O)C=C4CCC3C1CC[C@@]2(O)C(F)(F)C(F)(F)F. The van der Waals surface area contributed by atoms with Gasteiger partial charge in [-0.25, -0.2) is 4.79 Å². The molecule has 4 aliphatic rings. The number of allylic oxidation sites excluding steroid dienone is 4. The summed E-state index contributed by atoms with van der Waals surface area (Å²) in [5, 5.41) is 16.9. The van der Waals surface area contributed by atoms with Gasteiger partial charge in [-0.15, -0.1) is 0 Å². The molecule has 10 heteroatoms. The van der Waals surface area contributed by atoms with Crippen LogP contribution in [0.4, 0.5) is 38.1 Å². The molecule has 0 spiro atoms. The third-order valence-electron chi connectivity index (χ3n) is 10.4. The maximum atomic E-state index is 15.2. The van der Waals surface area contributed by atoms with E-state index in [9.17, 15) is 27.9 Å². The molecule has 0 aliphatic heterocycles. The van der Waals surface area contributed by atoms with Gasteiger partial charge in [-0.05, 0) is 97.4 Å². The number of ketones is 1. The van der Waals surface area contributed by atoms with Gasteiger partial charge < -0.3 is 15.7 Å². The molecule has 6 rings (SSSR count). The molecule has 0 radical (unpaired) electrons. The van der Waals surface area contributed by atoms with Gasteiger partial charge in [0.05, 0.1) is 0 Å². The lowest BCUT2D eigenvalue weighted by molar-refractivity contribution is -0.362. The van der Waals surface area contributed by atoms with Crippen LogP contribution in [-0.4, -0.2) is 34.6 Å². The molecular weight excluding hydrogens is 567 g/mol. The van der Waals surface area contributed by atoms with Crippen molar-refractivity contribution in [3.63, 3.8) is 0 Å². The molecule has 0 heterocycles. The molecule has 2 aromatic rings. The highest BCUT2D eigenvalue weighted by Gasteiger charge is 2.79. The Morgan fingerprint density at radius 3 is 2.21 bits per heavy atom. The fourth-order valence-electron chi connectivity index (χ4n) is 8.33. The van der Waals surface area contributed by atoms with Crippen LogP contribution in [0.1, 0.15) is 63.4 Å². The van der Waals surface area contributed by atoms with Crippen molar-refractivity contribution in [2.45, 2.75) is 75.5 Å². The van der Waals surface area contributed by atoms with Crippen LogP contribution >= 0.6 is 0 Å². The predicted octanol–water partition coefficient (Wildman–Crippen LogP) is 8.16. The molecule has 4 aliphatic carbocycles. The molecule has 43 heavy (non-hydrogen) atoms. The van der Waals surface area contributed by atoms with Gasteiger partial charge in [0.1, 0.15) is 5.60 Å². The largest absolute Gasteiger partial charge is 0.456 e. The van der Waals surface area contributed by atoms with Crippen LogP contribution in [0.15, 0.2) is 77.4 Å². The second kappa shape index (κ2) is 10.3. The van der Waals surface area contributed by atoms with Gasteiger partial charge in [-0.2, -0.15) is 22.0 Å². The molecule has 3 N–H and O–H groups in total. The van der Waals surface area contributed by atoms with Crippen LogP contribution < -0.4 is 10.6 Å². The maximum Gasteiger partial charge on any atom is 0.456 e. The number of nitrogens with one attached hydrogen (secondary N) is 2. The van der Waals surface area contributed by atoms with Crippen molar-refractivity contribution < 1.29 is 36.6 Å². The summed E-state index contributed by atoms with van der Waals surface area (Å²) >= 11 is 0. The minimum atomic E-state index is -5.90. The van der Waals surface area contributed by atoms with Crippen LogP contribution in [0.2, 0.25) is 0 Å². The third kappa shape index (κ3) is 4.69. The number of alkyl halides is 5. The lowest BCUT2D eigenvalue weighted by Gasteiger charge is -2.56. The number of fused-ring (bicyclic) bond motifs is 4. The van der Waals surface area contributed by atoms with Gasteiger partial charge in [0.15, 0.2) is 5.78 Å². The molecule has 2 amide bonds. The Morgan fingerprint density at radius 1 is 0.907 bits per heavy atom. The van der Waals surface area contributed by atoms with Crippen molar-refractivity contribution in [3.8, 4) is 0 Å². The van der Waals surface area contributed by atoms with E-state index in [-0.39, 0.29) is 24.5 Å². The number of hydrogen-bond donors (Lipinski definition) is 3. The van der Waals surface area contributed by atoms with E-state index in [1.807, 2.05) is 6.07 Å². The number of anilines is 2. The smallest absolute Gasteiger partial charge is 0.383 e. The fraction of sp³-hybridized carbons (Fsp3) is 0.455. The standard InChI is InChI=1S/C33H33F5N2O3/c1-30-18-26(19-7-10-22(11-8-19)40-29(42)39-21-5-3-2-4-6-21)28-24-14-12-23(41)17-20(24)9-13-25(28)27(30)15-16-31(30,43)32(34,35)33(36,37)38/h2-8,10-11,17,25-27,43H,9,12-16,18H2,1H3,(H2,39,40,42)/t25?,26-,27?,30+,31+/m1/s1. The zero-order valence-electron chi connectivity index (χ0n) is 23.6. The van der Waals surface area contributed by atoms with E-state index in [2.05, 4.69) is 10.6 Å². The number of rotatable bonds is 4. The Balaban J connectivity index is 1.38. The number of para-hydroxylation sites is 1. The molecule has 2 aromatic carbocycles. The highest BCUT2D eigenvalue weighted by atomic mass is 19.4. The molecule has 2 saturated carbocycles. The topological polar surface area (TPSA) is 78.4 Å². The molecule has 5 atom stereocenters. The summed E-state index contributed by atoms with van der Waals surface area (Å²) in [6, 6.07) is 15.2. The van der Waals surface area contributed by atoms with Gasteiger partial charge in [0.2, 0.25) is 0 Å². The third-order valence-corrected chi connectivity index (χ3v) is 10.4. The van der Waals surface area contributed by atoms with Crippen molar-refractivity contribution in [1.82, 2.24) is 0 Å². The Kier molecular flexibility index (Phi) is 7.06. The number of urea groups is 1. The van der Waals surface area contributed by atoms with Gasteiger partial charge in [0, 0.05) is 29.1 Å². The van der Waals surface area contributed by atoms with Gasteiger partial charge in [-0.1, -0.05) is 42.8 Å². The van der Waals surface area contributed by atoms with Gasteiger partial charge >= 0.3 is 18.1 Å². The van der Waals surface area contributed by atoms with E-state index in [1.54, 1.807) is 54.6 Å². The average molecular weight is 601 g/mol. The summed E-state index contributed by atoms with van der Waals surface area (Å²) < 4.78 is 71.6. The summed E-state index contributed by atoms with van der Waals surface area (Å²) in [6.07, 6.45) is -3.06. The Hall–Kier alpha value is -3.53. The van der Waals surface area contributed by atoms with Crippen LogP contribution in [0.5, 0.6) is 0 Å². The summed E-state index contributed by atoms with van der Waals surface area (Å²) in [6.45, 7) is 1.40. The molecular formula is C33H33F5N2O3. The summed E-state index contributed by atoms with van der Waals surface area (Å²) in [5.41, 5.74) is -0.284. The fourth-order valence-corrected chi connectivity index (χ4v) is 8.33. The molecule has 2 unspecified atom stereocenters. The first kappa shape index (κ1) is 29.5. The van der Waals surface area contributed by atoms with Crippen LogP contribution in [0.3, 0.4) is 0 Å². The van der Waals surface area contributed by atoms with E-state index >= 15 is 8.78 Å². The number of aliphatic hydroxyl groups is 1. The molecule has 0 aromatic heterocycles. The first-order valence-corrected chi connectivity index (χ1v) is 14.6. The number of carbonyl (C=O) groups is 2. The predicted molar refractivity (Wildman–Crippen MR) is 152 cm³/mol. The van der Waals surface area contributed by atoms with E-state index in [0.717, 1.165) is 16.7 Å². The zero-order valence-corrected chi connectivity index (χ0v) is 23.6. The Bertz CT molecular complexity index is 1500. The second-order valence-corrected chi connectivity index (χ2v) is 12.5. The molecule has 2 fully saturated rings. The Morgan fingerprint density at radius 2 is 1.56 bits per heavy atom. The van der Waals surface area contributed by atoms with Crippen LogP contribution in [0.25, 0.3) is 0 Å². The number of amides is 2. The van der Waals surface area contributed by atoms with Crippen molar-refractivity contribution in [1.29, 1.82) is 0 Å². The molecule has 0 bridgehead atoms. The van der Waals surface area contributed by atoms with Crippen LogP contribution in [0, 0.1) is 17.3 Å². The van der Waals surface area contributed by atoms with Gasteiger partial charge in [0.25, 0.3) is 0 Å². The summed E-state index contributed by atoms with van der Waals surface area (Å²) in [5.74, 6) is -6.66. The lowest BCUT2D eigenvalue weighted by atomic mass is 9.50. The average Bonchev–Trinajstić information content (AvgIpc) is 3.24. The summed E-state index contributed by atoms with van der Waals surface area (Å²) in [7, 11) is 0. The molecule has 228 valence electrons. The highest BCUT2D eigenvalue weighted by Crippen LogP contribution is 2.70. The van der Waals surface area contributed by atoms with E-state index < -0.39 is 47.4 Å². The number of halogens is 5. The van der Waals surface area contributed by atoms with E-state index in [4.69, 9.17) is 0 Å². The lowest BCUT2D eigenvalue weighted by Crippen LogP contribution is -2.65. The van der Waals surface area contributed by atoms with E-state index in [1.165, 1.54) is 6.92 Å². The first-order chi connectivity index (χ1) is 20.2. The minimum absolute atomic E-state index is 0.0271. The molecule has 5 nitrogen and oxygen atoms in total. The maximum absolute atomic E-state index is 15.2. The van der Waals surface area contributed by atoms with Crippen molar-refractivity contribution in [3.05, 3.63) is 83.0 Å². The number of hydrogen-bond acceptors (Lipinski definition) is 3. The van der Waals surface area contributed by atoms with Crippen LogP contribution in [-0.2, 0) is 4.79 Å². The minimum Gasteiger partial charge on any atom is -0.383 e.